The molecule has 1 unspecified atom stereocenters. The Labute approximate surface area is 101 Å². The average Bonchev–Trinajstić information content (AvgIpc) is 2.19. The van der Waals surface area contributed by atoms with E-state index in [0.29, 0.717) is 4.99 Å². The molecule has 0 heterocycles. The molecule has 1 aromatic rings. The lowest BCUT2D eigenvalue weighted by Crippen LogP contribution is -2.25. The summed E-state index contributed by atoms with van der Waals surface area (Å²) < 4.78 is 0. The Morgan fingerprint density at radius 2 is 2.27 bits per heavy atom. The van der Waals surface area contributed by atoms with E-state index < -0.39 is 0 Å². The van der Waals surface area contributed by atoms with Crippen molar-refractivity contribution in [3.05, 3.63) is 28.8 Å². The Bertz CT molecular complexity index is 366. The van der Waals surface area contributed by atoms with Crippen molar-refractivity contribution >= 4 is 34.5 Å². The van der Waals surface area contributed by atoms with Crippen LogP contribution in [-0.2, 0) is 0 Å². The largest absolute Gasteiger partial charge is 0.393 e. The van der Waals surface area contributed by atoms with Crippen molar-refractivity contribution in [3.63, 3.8) is 0 Å². The van der Waals surface area contributed by atoms with Crippen LogP contribution in [0, 0.1) is 12.8 Å². The first-order valence-electron chi connectivity index (χ1n) is 4.80. The van der Waals surface area contributed by atoms with Crippen molar-refractivity contribution in [1.82, 2.24) is 0 Å². The molecule has 0 spiro atoms. The minimum Gasteiger partial charge on any atom is -0.393 e. The number of thiocarbonyl (C=S) groups is 1. The molecule has 4 heteroatoms. The number of anilines is 1. The lowest BCUT2D eigenvalue weighted by molar-refractivity contribution is 0.820. The van der Waals surface area contributed by atoms with Gasteiger partial charge in [0.1, 0.15) is 0 Å². The van der Waals surface area contributed by atoms with Gasteiger partial charge in [-0.05, 0) is 24.6 Å². The highest BCUT2D eigenvalue weighted by Gasteiger charge is 2.06. The second-order valence-electron chi connectivity index (χ2n) is 3.60. The monoisotopic (exact) mass is 242 g/mol. The van der Waals surface area contributed by atoms with Crippen LogP contribution < -0.4 is 11.1 Å². The maximum Gasteiger partial charge on any atom is 0.0773 e. The molecule has 0 aliphatic carbocycles. The summed E-state index contributed by atoms with van der Waals surface area (Å²) in [5.41, 5.74) is 7.62. The number of nitrogens with one attached hydrogen (secondary N) is 1. The number of nitrogens with two attached hydrogens (primary N) is 1. The van der Waals surface area contributed by atoms with Gasteiger partial charge in [0.05, 0.1) is 4.99 Å². The van der Waals surface area contributed by atoms with Crippen LogP contribution in [0.2, 0.25) is 5.02 Å². The third kappa shape index (κ3) is 3.36. The molecule has 0 bridgehead atoms. The third-order valence-corrected chi connectivity index (χ3v) is 3.16. The van der Waals surface area contributed by atoms with Gasteiger partial charge in [0, 0.05) is 23.2 Å². The zero-order valence-corrected chi connectivity index (χ0v) is 10.5. The molecule has 0 amide bonds. The van der Waals surface area contributed by atoms with Gasteiger partial charge in [-0.3, -0.25) is 0 Å². The molecule has 0 aliphatic heterocycles. The first-order chi connectivity index (χ1) is 7.02. The zero-order chi connectivity index (χ0) is 11.4. The smallest absolute Gasteiger partial charge is 0.0773 e. The van der Waals surface area contributed by atoms with Gasteiger partial charge in [0.2, 0.25) is 0 Å². The quantitative estimate of drug-likeness (QED) is 0.798. The molecule has 0 radical (unpaired) electrons. The lowest BCUT2D eigenvalue weighted by atomic mass is 10.1. The molecule has 3 N–H and O–H groups in total. The van der Waals surface area contributed by atoms with E-state index in [1.807, 2.05) is 32.0 Å². The minimum atomic E-state index is 0.179. The zero-order valence-electron chi connectivity index (χ0n) is 8.88. The van der Waals surface area contributed by atoms with Crippen LogP contribution in [0.15, 0.2) is 18.2 Å². The van der Waals surface area contributed by atoms with E-state index in [0.717, 1.165) is 22.8 Å². The van der Waals surface area contributed by atoms with Gasteiger partial charge in [0.25, 0.3) is 0 Å². The molecule has 0 aromatic heterocycles. The molecule has 15 heavy (non-hydrogen) atoms. The van der Waals surface area contributed by atoms with Crippen LogP contribution in [-0.4, -0.2) is 11.5 Å². The van der Waals surface area contributed by atoms with Gasteiger partial charge in [-0.1, -0.05) is 36.8 Å². The highest BCUT2D eigenvalue weighted by Crippen LogP contribution is 2.22. The number of hydrogen-bond acceptors (Lipinski definition) is 2. The Morgan fingerprint density at radius 3 is 2.87 bits per heavy atom. The van der Waals surface area contributed by atoms with E-state index in [-0.39, 0.29) is 5.92 Å². The Morgan fingerprint density at radius 1 is 1.60 bits per heavy atom. The van der Waals surface area contributed by atoms with Gasteiger partial charge in [-0.2, -0.15) is 0 Å². The summed E-state index contributed by atoms with van der Waals surface area (Å²) in [6.07, 6.45) is 0. The van der Waals surface area contributed by atoms with Gasteiger partial charge >= 0.3 is 0 Å². The number of benzene rings is 1. The first kappa shape index (κ1) is 12.3. The fourth-order valence-electron chi connectivity index (χ4n) is 1.16. The predicted molar refractivity (Wildman–Crippen MR) is 70.6 cm³/mol. The van der Waals surface area contributed by atoms with Gasteiger partial charge < -0.3 is 11.1 Å². The molecular formula is C11H15ClN2S. The molecule has 1 aromatic carbocycles. The van der Waals surface area contributed by atoms with E-state index in [2.05, 4.69) is 5.32 Å². The third-order valence-electron chi connectivity index (χ3n) is 2.35. The SMILES string of the molecule is Cc1c(Cl)cccc1NCC(C)C(N)=S. The molecule has 0 aliphatic rings. The summed E-state index contributed by atoms with van der Waals surface area (Å²) >= 11 is 10.9. The van der Waals surface area contributed by atoms with E-state index >= 15 is 0 Å². The van der Waals surface area contributed by atoms with Crippen molar-refractivity contribution < 1.29 is 0 Å². The van der Waals surface area contributed by atoms with Crippen LogP contribution in [0.25, 0.3) is 0 Å². The summed E-state index contributed by atoms with van der Waals surface area (Å²) in [6, 6.07) is 5.79. The summed E-state index contributed by atoms with van der Waals surface area (Å²) in [5.74, 6) is 0.179. The highest BCUT2D eigenvalue weighted by atomic mass is 35.5. The predicted octanol–water partition coefficient (Wildman–Crippen LogP) is 2.98. The number of halogens is 1. The maximum atomic E-state index is 6.00. The Hall–Kier alpha value is -0.800. The second-order valence-corrected chi connectivity index (χ2v) is 4.48. The average molecular weight is 243 g/mol. The summed E-state index contributed by atoms with van der Waals surface area (Å²) in [4.78, 5) is 0.530. The summed E-state index contributed by atoms with van der Waals surface area (Å²) in [5, 5.41) is 4.05. The fraction of sp³-hybridized carbons (Fsp3) is 0.364. The molecule has 0 fully saturated rings. The van der Waals surface area contributed by atoms with Crippen LogP contribution in [0.3, 0.4) is 0 Å². The van der Waals surface area contributed by atoms with Crippen molar-refractivity contribution in [2.45, 2.75) is 13.8 Å². The second kappa shape index (κ2) is 5.33. The minimum absolute atomic E-state index is 0.179. The van der Waals surface area contributed by atoms with Gasteiger partial charge in [-0.25, -0.2) is 0 Å². The van der Waals surface area contributed by atoms with E-state index in [1.165, 1.54) is 0 Å². The van der Waals surface area contributed by atoms with E-state index in [9.17, 15) is 0 Å². The van der Waals surface area contributed by atoms with Gasteiger partial charge in [0.15, 0.2) is 0 Å². The van der Waals surface area contributed by atoms with Crippen molar-refractivity contribution in [3.8, 4) is 0 Å². The molecule has 2 nitrogen and oxygen atoms in total. The molecule has 0 saturated heterocycles. The topological polar surface area (TPSA) is 38.0 Å². The molecule has 1 atom stereocenters. The van der Waals surface area contributed by atoms with Crippen LogP contribution >= 0.6 is 23.8 Å². The van der Waals surface area contributed by atoms with Gasteiger partial charge in [-0.15, -0.1) is 0 Å². The first-order valence-corrected chi connectivity index (χ1v) is 5.59. The molecule has 82 valence electrons. The van der Waals surface area contributed by atoms with Crippen LogP contribution in [0.1, 0.15) is 12.5 Å². The van der Waals surface area contributed by atoms with Crippen molar-refractivity contribution in [2.75, 3.05) is 11.9 Å². The molecule has 0 saturated carbocycles. The van der Waals surface area contributed by atoms with E-state index in [1.54, 1.807) is 0 Å². The standard InChI is InChI=1S/C11H15ClN2S/c1-7(11(13)15)6-14-10-5-3-4-9(12)8(10)2/h3-5,7,14H,6H2,1-2H3,(H2,13,15). The Balaban J connectivity index is 2.66. The van der Waals surface area contributed by atoms with Crippen molar-refractivity contribution in [2.24, 2.45) is 11.7 Å². The Kier molecular flexibility index (Phi) is 4.36. The maximum absolute atomic E-state index is 6.00. The van der Waals surface area contributed by atoms with Crippen molar-refractivity contribution in [1.29, 1.82) is 0 Å². The van der Waals surface area contributed by atoms with E-state index in [4.69, 9.17) is 29.6 Å². The molecular weight excluding hydrogens is 228 g/mol. The number of hydrogen-bond donors (Lipinski definition) is 2. The fourth-order valence-corrected chi connectivity index (χ4v) is 1.42. The highest BCUT2D eigenvalue weighted by molar-refractivity contribution is 7.80. The lowest BCUT2D eigenvalue weighted by Gasteiger charge is -2.14. The normalized spacial score (nSPS) is 12.2. The summed E-state index contributed by atoms with van der Waals surface area (Å²) in [6.45, 7) is 4.71. The van der Waals surface area contributed by atoms with Crippen LogP contribution in [0.5, 0.6) is 0 Å². The summed E-state index contributed by atoms with van der Waals surface area (Å²) in [7, 11) is 0. The molecule has 1 rings (SSSR count). The van der Waals surface area contributed by atoms with Crippen LogP contribution in [0.4, 0.5) is 5.69 Å². The number of rotatable bonds is 4.